The van der Waals surface area contributed by atoms with Crippen LogP contribution in [0.2, 0.25) is 0 Å². The molecule has 3 aromatic heterocycles. The van der Waals surface area contributed by atoms with Gasteiger partial charge in [0.25, 0.3) is 11.1 Å². The molecule has 0 bridgehead atoms. The normalized spacial score (nSPS) is 11.0. The highest BCUT2D eigenvalue weighted by Crippen LogP contribution is 2.25. The molecule has 0 radical (unpaired) electrons. The number of benzene rings is 1. The molecule has 0 aliphatic carbocycles. The average molecular weight is 386 g/mol. The molecule has 132 valence electrons. The highest BCUT2D eigenvalue weighted by molar-refractivity contribution is 7.98. The van der Waals surface area contributed by atoms with Crippen LogP contribution in [-0.2, 0) is 12.4 Å². The van der Waals surface area contributed by atoms with Crippen molar-refractivity contribution in [2.45, 2.75) is 24.5 Å². The number of ether oxygens (including phenoxy) is 1. The van der Waals surface area contributed by atoms with Gasteiger partial charge in [-0.2, -0.15) is 4.98 Å². The molecule has 0 fully saturated rings. The molecule has 4 aromatic rings. The third kappa shape index (κ3) is 4.12. The minimum Gasteiger partial charge on any atom is -0.484 e. The molecule has 0 saturated heterocycles. The summed E-state index contributed by atoms with van der Waals surface area (Å²) in [5, 5.41) is 14.3. The topological polar surface area (TPSA) is 87.1 Å². The molecule has 0 atom stereocenters. The van der Waals surface area contributed by atoms with E-state index in [9.17, 15) is 0 Å². The van der Waals surface area contributed by atoms with Gasteiger partial charge < -0.3 is 13.7 Å². The zero-order valence-corrected chi connectivity index (χ0v) is 15.4. The fourth-order valence-electron chi connectivity index (χ4n) is 2.08. The molecule has 3 heterocycles. The van der Waals surface area contributed by atoms with Crippen LogP contribution >= 0.6 is 23.1 Å². The summed E-state index contributed by atoms with van der Waals surface area (Å²) < 4.78 is 16.4. The Labute approximate surface area is 157 Å². The number of aromatic nitrogens is 4. The van der Waals surface area contributed by atoms with Crippen molar-refractivity contribution in [2.24, 2.45) is 0 Å². The largest absolute Gasteiger partial charge is 0.484 e. The fraction of sp³-hybridized carbons (Fsp3) is 0.176. The second-order valence-corrected chi connectivity index (χ2v) is 7.22. The maximum absolute atomic E-state index is 5.62. The lowest BCUT2D eigenvalue weighted by atomic mass is 10.2. The highest BCUT2D eigenvalue weighted by Gasteiger charge is 2.13. The maximum Gasteiger partial charge on any atom is 0.277 e. The number of hydrogen-bond donors (Lipinski definition) is 0. The number of thioether (sulfide) groups is 1. The molecular formula is C17H14N4O3S2. The van der Waals surface area contributed by atoms with Gasteiger partial charge in [0.05, 0.1) is 10.6 Å². The summed E-state index contributed by atoms with van der Waals surface area (Å²) in [4.78, 5) is 5.33. The van der Waals surface area contributed by atoms with Crippen LogP contribution in [0.3, 0.4) is 0 Å². The first kappa shape index (κ1) is 16.8. The SMILES string of the molecule is Cc1ccc(OCc2nnc(SCc3nc(-c4cccs4)no3)o2)cc1. The summed E-state index contributed by atoms with van der Waals surface area (Å²) in [6.45, 7) is 2.25. The third-order valence-corrected chi connectivity index (χ3v) is 5.03. The number of rotatable bonds is 7. The minimum atomic E-state index is 0.222. The Bertz CT molecular complexity index is 964. The standard InChI is InChI=1S/C17H14N4O3S2/c1-11-4-6-12(7-5-11)22-9-14-19-20-17(23-14)26-10-15-18-16(21-24-15)13-3-2-8-25-13/h2-8H,9-10H2,1H3. The minimum absolute atomic E-state index is 0.222. The molecule has 0 amide bonds. The zero-order valence-electron chi connectivity index (χ0n) is 13.8. The Morgan fingerprint density at radius 2 is 2.00 bits per heavy atom. The van der Waals surface area contributed by atoms with Gasteiger partial charge in [0.1, 0.15) is 5.75 Å². The van der Waals surface area contributed by atoms with Crippen LogP contribution in [0.1, 0.15) is 17.3 Å². The first-order valence-corrected chi connectivity index (χ1v) is 9.64. The van der Waals surface area contributed by atoms with Gasteiger partial charge in [0.2, 0.25) is 11.7 Å². The van der Waals surface area contributed by atoms with Crippen molar-refractivity contribution in [3.05, 3.63) is 59.1 Å². The Hall–Kier alpha value is -2.65. The van der Waals surface area contributed by atoms with Crippen molar-refractivity contribution >= 4 is 23.1 Å². The lowest BCUT2D eigenvalue weighted by Gasteiger charge is -2.02. The van der Waals surface area contributed by atoms with E-state index in [4.69, 9.17) is 13.7 Å². The van der Waals surface area contributed by atoms with Gasteiger partial charge in [-0.15, -0.1) is 21.5 Å². The van der Waals surface area contributed by atoms with Gasteiger partial charge in [0, 0.05) is 0 Å². The van der Waals surface area contributed by atoms with E-state index in [1.54, 1.807) is 11.3 Å². The first-order chi connectivity index (χ1) is 12.8. The number of thiophene rings is 1. The summed E-state index contributed by atoms with van der Waals surface area (Å²) in [5.74, 6) is 2.73. The maximum atomic E-state index is 5.62. The lowest BCUT2D eigenvalue weighted by molar-refractivity contribution is 0.252. The van der Waals surface area contributed by atoms with Crippen LogP contribution in [0.5, 0.6) is 5.75 Å². The molecule has 0 unspecified atom stereocenters. The van der Waals surface area contributed by atoms with E-state index >= 15 is 0 Å². The molecular weight excluding hydrogens is 372 g/mol. The summed E-state index contributed by atoms with van der Waals surface area (Å²) in [6.07, 6.45) is 0. The summed E-state index contributed by atoms with van der Waals surface area (Å²) in [7, 11) is 0. The Morgan fingerprint density at radius 1 is 1.12 bits per heavy atom. The molecule has 9 heteroatoms. The van der Waals surface area contributed by atoms with Crippen molar-refractivity contribution in [1.29, 1.82) is 0 Å². The van der Waals surface area contributed by atoms with Crippen LogP contribution in [0.4, 0.5) is 0 Å². The Morgan fingerprint density at radius 3 is 2.81 bits per heavy atom. The quantitative estimate of drug-likeness (QED) is 0.433. The predicted molar refractivity (Wildman–Crippen MR) is 97.0 cm³/mol. The van der Waals surface area contributed by atoms with Crippen molar-refractivity contribution < 1.29 is 13.7 Å². The van der Waals surface area contributed by atoms with Gasteiger partial charge in [-0.05, 0) is 30.5 Å². The molecule has 7 nitrogen and oxygen atoms in total. The molecule has 0 saturated carbocycles. The van der Waals surface area contributed by atoms with Gasteiger partial charge in [0.15, 0.2) is 6.61 Å². The number of aryl methyl sites for hydroxylation is 1. The fourth-order valence-corrected chi connectivity index (χ4v) is 3.34. The zero-order chi connectivity index (χ0) is 17.8. The van der Waals surface area contributed by atoms with E-state index in [0.717, 1.165) is 10.6 Å². The summed E-state index contributed by atoms with van der Waals surface area (Å²) in [6, 6.07) is 11.7. The van der Waals surface area contributed by atoms with Crippen LogP contribution < -0.4 is 4.74 Å². The molecule has 1 aromatic carbocycles. The van der Waals surface area contributed by atoms with Crippen molar-refractivity contribution in [1.82, 2.24) is 20.3 Å². The van der Waals surface area contributed by atoms with E-state index in [2.05, 4.69) is 20.3 Å². The van der Waals surface area contributed by atoms with E-state index in [-0.39, 0.29) is 6.61 Å². The van der Waals surface area contributed by atoms with E-state index < -0.39 is 0 Å². The first-order valence-electron chi connectivity index (χ1n) is 7.77. The number of nitrogens with zero attached hydrogens (tertiary/aromatic N) is 4. The summed E-state index contributed by atoms with van der Waals surface area (Å²) >= 11 is 2.90. The molecule has 0 aliphatic heterocycles. The molecule has 0 aliphatic rings. The van der Waals surface area contributed by atoms with E-state index in [1.165, 1.54) is 17.3 Å². The van der Waals surface area contributed by atoms with Crippen LogP contribution in [0.25, 0.3) is 10.7 Å². The molecule has 0 spiro atoms. The highest BCUT2D eigenvalue weighted by atomic mass is 32.2. The van der Waals surface area contributed by atoms with Crippen LogP contribution in [0.15, 0.2) is 55.9 Å². The van der Waals surface area contributed by atoms with Crippen molar-refractivity contribution in [3.8, 4) is 16.5 Å². The van der Waals surface area contributed by atoms with Gasteiger partial charge in [-0.3, -0.25) is 0 Å². The predicted octanol–water partition coefficient (Wildman–Crippen LogP) is 4.36. The Balaban J connectivity index is 1.30. The second-order valence-electron chi connectivity index (χ2n) is 5.34. The van der Waals surface area contributed by atoms with Gasteiger partial charge in [-0.1, -0.05) is 40.7 Å². The van der Waals surface area contributed by atoms with E-state index in [1.807, 2.05) is 48.7 Å². The monoisotopic (exact) mass is 386 g/mol. The molecule has 4 rings (SSSR count). The second kappa shape index (κ2) is 7.71. The van der Waals surface area contributed by atoms with Crippen LogP contribution in [0, 0.1) is 6.92 Å². The van der Waals surface area contributed by atoms with Gasteiger partial charge >= 0.3 is 0 Å². The van der Waals surface area contributed by atoms with Crippen molar-refractivity contribution in [2.75, 3.05) is 0 Å². The number of hydrogen-bond acceptors (Lipinski definition) is 9. The summed E-state index contributed by atoms with van der Waals surface area (Å²) in [5.41, 5.74) is 1.18. The van der Waals surface area contributed by atoms with Crippen molar-refractivity contribution in [3.63, 3.8) is 0 Å². The smallest absolute Gasteiger partial charge is 0.277 e. The van der Waals surface area contributed by atoms with Crippen LogP contribution in [-0.4, -0.2) is 20.3 Å². The average Bonchev–Trinajstić information content (AvgIpc) is 3.40. The van der Waals surface area contributed by atoms with Gasteiger partial charge in [-0.25, -0.2) is 0 Å². The third-order valence-electron chi connectivity index (χ3n) is 3.36. The van der Waals surface area contributed by atoms with E-state index in [0.29, 0.717) is 28.6 Å². The Kier molecular flexibility index (Phi) is 4.98. The lowest BCUT2D eigenvalue weighted by Crippen LogP contribution is -1.95. The molecule has 0 N–H and O–H groups in total. The molecule has 26 heavy (non-hydrogen) atoms.